The van der Waals surface area contributed by atoms with Crippen LogP contribution >= 0.6 is 12.4 Å². The second-order valence-corrected chi connectivity index (χ2v) is 4.41. The van der Waals surface area contributed by atoms with E-state index in [1.54, 1.807) is 7.11 Å². The number of amides is 1. The average Bonchev–Trinajstić information content (AvgIpc) is 2.45. The second kappa shape index (κ2) is 11.6. The van der Waals surface area contributed by atoms with Gasteiger partial charge in [-0.3, -0.25) is 4.79 Å². The van der Waals surface area contributed by atoms with Crippen LogP contribution in [-0.4, -0.2) is 32.7 Å². The Hall–Kier alpha value is -1.26. The van der Waals surface area contributed by atoms with E-state index in [2.05, 4.69) is 17.6 Å². The zero-order valence-electron chi connectivity index (χ0n) is 12.3. The molecule has 0 atom stereocenters. The summed E-state index contributed by atoms with van der Waals surface area (Å²) in [7, 11) is 1.65. The number of para-hydroxylation sites is 1. The minimum atomic E-state index is 0. The van der Waals surface area contributed by atoms with Crippen LogP contribution in [0.25, 0.3) is 0 Å². The number of rotatable bonds is 9. The fraction of sp³-hybridized carbons (Fsp3) is 0.533. The molecule has 0 aliphatic rings. The van der Waals surface area contributed by atoms with Gasteiger partial charge < -0.3 is 15.4 Å². The van der Waals surface area contributed by atoms with Gasteiger partial charge in [-0.05, 0) is 31.0 Å². The third-order valence-electron chi connectivity index (χ3n) is 2.86. The van der Waals surface area contributed by atoms with Crippen LogP contribution in [0.4, 0.5) is 0 Å². The molecule has 0 bridgehead atoms. The van der Waals surface area contributed by atoms with E-state index < -0.39 is 0 Å². The van der Waals surface area contributed by atoms with Crippen molar-refractivity contribution in [1.29, 1.82) is 0 Å². The molecule has 0 radical (unpaired) electrons. The van der Waals surface area contributed by atoms with Crippen LogP contribution in [0.15, 0.2) is 24.3 Å². The van der Waals surface area contributed by atoms with Gasteiger partial charge in [0.15, 0.2) is 0 Å². The first-order chi connectivity index (χ1) is 9.27. The van der Waals surface area contributed by atoms with Crippen molar-refractivity contribution in [3.8, 4) is 5.75 Å². The fourth-order valence-corrected chi connectivity index (χ4v) is 1.84. The zero-order chi connectivity index (χ0) is 13.9. The van der Waals surface area contributed by atoms with E-state index in [0.717, 1.165) is 30.8 Å². The van der Waals surface area contributed by atoms with E-state index >= 15 is 0 Å². The van der Waals surface area contributed by atoms with Gasteiger partial charge in [0.1, 0.15) is 5.75 Å². The Bertz CT molecular complexity index is 386. The van der Waals surface area contributed by atoms with Crippen LogP contribution in [0.5, 0.6) is 5.75 Å². The lowest BCUT2D eigenvalue weighted by molar-refractivity contribution is -0.121. The average molecular weight is 301 g/mol. The lowest BCUT2D eigenvalue weighted by Crippen LogP contribution is -2.32. The Balaban J connectivity index is 0.00000361. The number of aryl methyl sites for hydroxylation is 1. The molecule has 4 nitrogen and oxygen atoms in total. The van der Waals surface area contributed by atoms with Crippen molar-refractivity contribution in [1.82, 2.24) is 10.6 Å². The third kappa shape index (κ3) is 7.36. The molecule has 1 aromatic carbocycles. The van der Waals surface area contributed by atoms with E-state index in [9.17, 15) is 4.79 Å². The predicted octanol–water partition coefficient (Wildman–Crippen LogP) is 2.17. The topological polar surface area (TPSA) is 50.4 Å². The first-order valence-corrected chi connectivity index (χ1v) is 6.87. The molecule has 1 rings (SSSR count). The Morgan fingerprint density at radius 3 is 2.65 bits per heavy atom. The molecule has 0 fully saturated rings. The van der Waals surface area contributed by atoms with E-state index in [0.29, 0.717) is 19.4 Å². The molecule has 0 aliphatic heterocycles. The molecule has 0 spiro atoms. The van der Waals surface area contributed by atoms with Crippen molar-refractivity contribution in [3.05, 3.63) is 29.8 Å². The number of halogens is 1. The Labute approximate surface area is 127 Å². The highest BCUT2D eigenvalue weighted by molar-refractivity contribution is 5.85. The molecule has 0 unspecified atom stereocenters. The number of carbonyl (C=O) groups is 1. The molecular formula is C15H25ClN2O2. The summed E-state index contributed by atoms with van der Waals surface area (Å²) in [6.07, 6.45) is 2.31. The summed E-state index contributed by atoms with van der Waals surface area (Å²) in [5, 5.41) is 6.15. The Morgan fingerprint density at radius 2 is 1.95 bits per heavy atom. The van der Waals surface area contributed by atoms with Crippen LogP contribution < -0.4 is 15.4 Å². The van der Waals surface area contributed by atoms with Gasteiger partial charge in [-0.1, -0.05) is 25.1 Å². The minimum absolute atomic E-state index is 0. The number of benzene rings is 1. The number of ether oxygens (including phenoxy) is 1. The van der Waals surface area contributed by atoms with Gasteiger partial charge in [0.05, 0.1) is 7.11 Å². The molecule has 5 heteroatoms. The summed E-state index contributed by atoms with van der Waals surface area (Å²) in [6.45, 7) is 4.63. The highest BCUT2D eigenvalue weighted by Gasteiger charge is 2.05. The van der Waals surface area contributed by atoms with Gasteiger partial charge in [0, 0.05) is 19.5 Å². The summed E-state index contributed by atoms with van der Waals surface area (Å²) in [5.74, 6) is 0.934. The van der Waals surface area contributed by atoms with Crippen molar-refractivity contribution in [3.63, 3.8) is 0 Å². The molecule has 2 N–H and O–H groups in total. The lowest BCUT2D eigenvalue weighted by Gasteiger charge is -2.09. The van der Waals surface area contributed by atoms with Crippen molar-refractivity contribution >= 4 is 18.3 Å². The standard InChI is InChI=1S/C15H24N2O2.ClH/c1-3-10-16-11-12-17-15(18)9-8-13-6-4-5-7-14(13)19-2;/h4-7,16H,3,8-12H2,1-2H3,(H,17,18);1H. The normalized spacial score (nSPS) is 9.70. The van der Waals surface area contributed by atoms with Crippen LogP contribution in [0.1, 0.15) is 25.3 Å². The van der Waals surface area contributed by atoms with Gasteiger partial charge in [0.25, 0.3) is 0 Å². The predicted molar refractivity (Wildman–Crippen MR) is 84.7 cm³/mol. The molecule has 0 saturated carbocycles. The van der Waals surface area contributed by atoms with E-state index in [1.807, 2.05) is 24.3 Å². The zero-order valence-corrected chi connectivity index (χ0v) is 13.1. The molecule has 0 aromatic heterocycles. The van der Waals surface area contributed by atoms with Gasteiger partial charge in [-0.2, -0.15) is 0 Å². The second-order valence-electron chi connectivity index (χ2n) is 4.41. The maximum atomic E-state index is 11.7. The van der Waals surface area contributed by atoms with E-state index in [-0.39, 0.29) is 18.3 Å². The largest absolute Gasteiger partial charge is 0.496 e. The van der Waals surface area contributed by atoms with Crippen molar-refractivity contribution in [2.24, 2.45) is 0 Å². The van der Waals surface area contributed by atoms with Crippen LogP contribution in [0, 0.1) is 0 Å². The van der Waals surface area contributed by atoms with Crippen molar-refractivity contribution < 1.29 is 9.53 Å². The summed E-state index contributed by atoms with van der Waals surface area (Å²) >= 11 is 0. The first-order valence-electron chi connectivity index (χ1n) is 6.87. The fourth-order valence-electron chi connectivity index (χ4n) is 1.84. The SMILES string of the molecule is CCCNCCNC(=O)CCc1ccccc1OC.Cl. The highest BCUT2D eigenvalue weighted by Crippen LogP contribution is 2.18. The molecule has 0 aliphatic carbocycles. The van der Waals surface area contributed by atoms with Crippen LogP contribution in [-0.2, 0) is 11.2 Å². The maximum Gasteiger partial charge on any atom is 0.220 e. The molecule has 20 heavy (non-hydrogen) atoms. The van der Waals surface area contributed by atoms with Crippen molar-refractivity contribution in [2.75, 3.05) is 26.7 Å². The number of hydrogen-bond donors (Lipinski definition) is 2. The lowest BCUT2D eigenvalue weighted by atomic mass is 10.1. The molecule has 1 amide bonds. The number of methoxy groups -OCH3 is 1. The smallest absolute Gasteiger partial charge is 0.220 e. The Morgan fingerprint density at radius 1 is 1.20 bits per heavy atom. The number of hydrogen-bond acceptors (Lipinski definition) is 3. The van der Waals surface area contributed by atoms with Gasteiger partial charge >= 0.3 is 0 Å². The third-order valence-corrected chi connectivity index (χ3v) is 2.86. The summed E-state index contributed by atoms with van der Waals surface area (Å²) in [4.78, 5) is 11.7. The molecule has 114 valence electrons. The number of nitrogens with one attached hydrogen (secondary N) is 2. The van der Waals surface area contributed by atoms with E-state index in [1.165, 1.54) is 0 Å². The van der Waals surface area contributed by atoms with E-state index in [4.69, 9.17) is 4.74 Å². The van der Waals surface area contributed by atoms with Crippen molar-refractivity contribution in [2.45, 2.75) is 26.2 Å². The van der Waals surface area contributed by atoms with Gasteiger partial charge in [-0.25, -0.2) is 0 Å². The molecular weight excluding hydrogens is 276 g/mol. The minimum Gasteiger partial charge on any atom is -0.496 e. The van der Waals surface area contributed by atoms with Crippen LogP contribution in [0.2, 0.25) is 0 Å². The first kappa shape index (κ1) is 18.7. The maximum absolute atomic E-state index is 11.7. The highest BCUT2D eigenvalue weighted by atomic mass is 35.5. The molecule has 0 heterocycles. The molecule has 1 aromatic rings. The summed E-state index contributed by atoms with van der Waals surface area (Å²) in [6, 6.07) is 7.81. The Kier molecular flexibility index (Phi) is 10.8. The quantitative estimate of drug-likeness (QED) is 0.687. The van der Waals surface area contributed by atoms with Gasteiger partial charge in [-0.15, -0.1) is 12.4 Å². The summed E-state index contributed by atoms with van der Waals surface area (Å²) < 4.78 is 5.26. The van der Waals surface area contributed by atoms with Crippen LogP contribution in [0.3, 0.4) is 0 Å². The number of carbonyl (C=O) groups excluding carboxylic acids is 1. The molecule has 0 saturated heterocycles. The summed E-state index contributed by atoms with van der Waals surface area (Å²) in [5.41, 5.74) is 1.07. The monoisotopic (exact) mass is 300 g/mol. The van der Waals surface area contributed by atoms with Gasteiger partial charge in [0.2, 0.25) is 5.91 Å².